The molecule has 0 N–H and O–H groups in total. The van der Waals surface area contributed by atoms with Crippen LogP contribution in [0.2, 0.25) is 5.02 Å². The summed E-state index contributed by atoms with van der Waals surface area (Å²) in [5, 5.41) is 11.5. The van der Waals surface area contributed by atoms with E-state index in [0.29, 0.717) is 16.5 Å². The molecular weight excluding hydrogens is 313 g/mol. The number of rotatable bonds is 6. The van der Waals surface area contributed by atoms with Crippen LogP contribution in [0.3, 0.4) is 0 Å². The summed E-state index contributed by atoms with van der Waals surface area (Å²) < 4.78 is 22.9. The van der Waals surface area contributed by atoms with Gasteiger partial charge in [-0.2, -0.15) is 0 Å². The molecule has 0 fully saturated rings. The van der Waals surface area contributed by atoms with Crippen LogP contribution in [0.15, 0.2) is 36.4 Å². The Labute approximate surface area is 131 Å². The third-order valence-electron chi connectivity index (χ3n) is 2.83. The SMILES string of the molecule is Cc1cc(Cl)ccc1Oc1ccc([N+](=O)[O-])c(OCCF)c1. The maximum Gasteiger partial charge on any atom is 0.311 e. The lowest BCUT2D eigenvalue weighted by molar-refractivity contribution is -0.385. The van der Waals surface area contributed by atoms with Crippen LogP contribution in [-0.4, -0.2) is 18.2 Å². The Hall–Kier alpha value is -2.34. The zero-order valence-electron chi connectivity index (χ0n) is 11.7. The number of nitro benzene ring substituents is 1. The first-order valence-corrected chi connectivity index (χ1v) is 6.80. The second-order valence-electron chi connectivity index (χ2n) is 4.44. The first-order valence-electron chi connectivity index (χ1n) is 6.42. The molecule has 0 unspecified atom stereocenters. The van der Waals surface area contributed by atoms with Gasteiger partial charge in [0.2, 0.25) is 5.75 Å². The Kier molecular flexibility index (Phi) is 5.16. The lowest BCUT2D eigenvalue weighted by atomic mass is 10.2. The van der Waals surface area contributed by atoms with Crippen molar-refractivity contribution in [3.8, 4) is 17.2 Å². The van der Waals surface area contributed by atoms with E-state index in [1.54, 1.807) is 18.2 Å². The molecule has 7 heteroatoms. The van der Waals surface area contributed by atoms with Crippen LogP contribution in [0.25, 0.3) is 0 Å². The van der Waals surface area contributed by atoms with Crippen molar-refractivity contribution in [2.24, 2.45) is 0 Å². The van der Waals surface area contributed by atoms with E-state index in [2.05, 4.69) is 0 Å². The zero-order chi connectivity index (χ0) is 16.1. The van der Waals surface area contributed by atoms with Gasteiger partial charge in [-0.1, -0.05) is 11.6 Å². The number of ether oxygens (including phenoxy) is 2. The normalized spacial score (nSPS) is 10.3. The summed E-state index contributed by atoms with van der Waals surface area (Å²) >= 11 is 5.87. The van der Waals surface area contributed by atoms with Gasteiger partial charge in [0.1, 0.15) is 24.8 Å². The van der Waals surface area contributed by atoms with E-state index >= 15 is 0 Å². The minimum absolute atomic E-state index is 0.0354. The largest absolute Gasteiger partial charge is 0.484 e. The van der Waals surface area contributed by atoms with Gasteiger partial charge in [0.25, 0.3) is 0 Å². The number of benzene rings is 2. The minimum Gasteiger partial charge on any atom is -0.484 e. The molecule has 0 radical (unpaired) electrons. The molecule has 0 saturated heterocycles. The smallest absolute Gasteiger partial charge is 0.311 e. The molecule has 0 aromatic heterocycles. The topological polar surface area (TPSA) is 61.6 Å². The Bertz CT molecular complexity index is 693. The highest BCUT2D eigenvalue weighted by atomic mass is 35.5. The van der Waals surface area contributed by atoms with Gasteiger partial charge in [0.05, 0.1) is 4.92 Å². The molecule has 2 rings (SSSR count). The van der Waals surface area contributed by atoms with Gasteiger partial charge in [0.15, 0.2) is 0 Å². The number of hydrogen-bond donors (Lipinski definition) is 0. The van der Waals surface area contributed by atoms with Crippen LogP contribution in [0.4, 0.5) is 10.1 Å². The van der Waals surface area contributed by atoms with Crippen molar-refractivity contribution in [3.05, 3.63) is 57.1 Å². The number of halogens is 2. The average Bonchev–Trinajstić information content (AvgIpc) is 2.48. The highest BCUT2D eigenvalue weighted by Gasteiger charge is 2.16. The molecule has 0 atom stereocenters. The molecule has 5 nitrogen and oxygen atoms in total. The number of nitrogens with zero attached hydrogens (tertiary/aromatic N) is 1. The Morgan fingerprint density at radius 1 is 1.23 bits per heavy atom. The van der Waals surface area contributed by atoms with Crippen molar-refractivity contribution in [2.45, 2.75) is 6.92 Å². The number of hydrogen-bond acceptors (Lipinski definition) is 4. The maximum atomic E-state index is 12.2. The Morgan fingerprint density at radius 2 is 2.00 bits per heavy atom. The number of aryl methyl sites for hydroxylation is 1. The molecule has 2 aromatic carbocycles. The van der Waals surface area contributed by atoms with E-state index in [0.717, 1.165) is 5.56 Å². The molecule has 0 aliphatic rings. The summed E-state index contributed by atoms with van der Waals surface area (Å²) in [6, 6.07) is 9.18. The molecule has 0 aliphatic heterocycles. The lowest BCUT2D eigenvalue weighted by Crippen LogP contribution is -2.02. The van der Waals surface area contributed by atoms with Crippen LogP contribution in [0.1, 0.15) is 5.56 Å². The summed E-state index contributed by atoms with van der Waals surface area (Å²) in [7, 11) is 0. The zero-order valence-corrected chi connectivity index (χ0v) is 12.5. The summed E-state index contributed by atoms with van der Waals surface area (Å²) in [4.78, 5) is 10.3. The molecule has 2 aromatic rings. The van der Waals surface area contributed by atoms with Crippen molar-refractivity contribution in [1.82, 2.24) is 0 Å². The Morgan fingerprint density at radius 3 is 2.64 bits per heavy atom. The molecular formula is C15H13ClFNO4. The van der Waals surface area contributed by atoms with E-state index < -0.39 is 11.6 Å². The number of nitro groups is 1. The van der Waals surface area contributed by atoms with Crippen LogP contribution in [0, 0.1) is 17.0 Å². The predicted octanol–water partition coefficient (Wildman–Crippen LogP) is 4.70. The maximum absolute atomic E-state index is 12.2. The third-order valence-corrected chi connectivity index (χ3v) is 3.06. The van der Waals surface area contributed by atoms with Crippen molar-refractivity contribution in [1.29, 1.82) is 0 Å². The minimum atomic E-state index is -0.738. The van der Waals surface area contributed by atoms with Crippen molar-refractivity contribution >= 4 is 17.3 Å². The second-order valence-corrected chi connectivity index (χ2v) is 4.87. The van der Waals surface area contributed by atoms with E-state index in [1.165, 1.54) is 18.2 Å². The van der Waals surface area contributed by atoms with Gasteiger partial charge >= 0.3 is 5.69 Å². The highest BCUT2D eigenvalue weighted by molar-refractivity contribution is 6.30. The second kappa shape index (κ2) is 7.09. The van der Waals surface area contributed by atoms with Crippen molar-refractivity contribution in [2.75, 3.05) is 13.3 Å². The van der Waals surface area contributed by atoms with E-state index in [4.69, 9.17) is 21.1 Å². The first kappa shape index (κ1) is 16.0. The molecule has 0 bridgehead atoms. The van der Waals surface area contributed by atoms with E-state index in [-0.39, 0.29) is 18.0 Å². The van der Waals surface area contributed by atoms with Gasteiger partial charge in [-0.15, -0.1) is 0 Å². The van der Waals surface area contributed by atoms with Gasteiger partial charge in [-0.3, -0.25) is 10.1 Å². The standard InChI is InChI=1S/C15H13ClFNO4/c1-10-8-11(16)2-5-14(10)22-12-3-4-13(18(19)20)15(9-12)21-7-6-17/h2-5,8-9H,6-7H2,1H3. The Balaban J connectivity index is 2.29. The molecule has 0 amide bonds. The van der Waals surface area contributed by atoms with Gasteiger partial charge in [0, 0.05) is 17.2 Å². The lowest BCUT2D eigenvalue weighted by Gasteiger charge is -2.11. The molecule has 0 aliphatic carbocycles. The summed E-state index contributed by atoms with van der Waals surface area (Å²) in [6.45, 7) is 0.829. The van der Waals surface area contributed by atoms with Crippen molar-refractivity contribution < 1.29 is 18.8 Å². The fourth-order valence-corrected chi connectivity index (χ4v) is 2.05. The summed E-state index contributed by atoms with van der Waals surface area (Å²) in [6.07, 6.45) is 0. The highest BCUT2D eigenvalue weighted by Crippen LogP contribution is 2.34. The van der Waals surface area contributed by atoms with E-state index in [9.17, 15) is 14.5 Å². The summed E-state index contributed by atoms with van der Waals surface area (Å²) in [5.74, 6) is 0.881. The average molecular weight is 326 g/mol. The van der Waals surface area contributed by atoms with Crippen molar-refractivity contribution in [3.63, 3.8) is 0 Å². The molecule has 0 heterocycles. The first-order chi connectivity index (χ1) is 10.5. The quantitative estimate of drug-likeness (QED) is 0.570. The van der Waals surface area contributed by atoms with Gasteiger partial charge < -0.3 is 9.47 Å². The number of alkyl halides is 1. The summed E-state index contributed by atoms with van der Waals surface area (Å²) in [5.41, 5.74) is 0.575. The van der Waals surface area contributed by atoms with Gasteiger partial charge in [-0.05, 0) is 36.8 Å². The molecule has 0 saturated carbocycles. The third kappa shape index (κ3) is 3.85. The fourth-order valence-electron chi connectivity index (χ4n) is 1.83. The molecule has 22 heavy (non-hydrogen) atoms. The van der Waals surface area contributed by atoms with Crippen LogP contribution in [-0.2, 0) is 0 Å². The van der Waals surface area contributed by atoms with Crippen LogP contribution >= 0.6 is 11.6 Å². The van der Waals surface area contributed by atoms with E-state index in [1.807, 2.05) is 6.92 Å². The van der Waals surface area contributed by atoms with Crippen LogP contribution in [0.5, 0.6) is 17.2 Å². The molecule has 116 valence electrons. The predicted molar refractivity (Wildman–Crippen MR) is 80.8 cm³/mol. The fraction of sp³-hybridized carbons (Fsp3) is 0.200. The molecule has 0 spiro atoms. The van der Waals surface area contributed by atoms with Gasteiger partial charge in [-0.25, -0.2) is 4.39 Å². The monoisotopic (exact) mass is 325 g/mol. The van der Waals surface area contributed by atoms with Crippen LogP contribution < -0.4 is 9.47 Å².